The third-order valence-electron chi connectivity index (χ3n) is 6.61. The highest BCUT2D eigenvalue weighted by atomic mass is 32.2. The largest absolute Gasteiger partial charge is 0.382 e. The number of amides is 1. The van der Waals surface area contributed by atoms with Gasteiger partial charge in [-0.25, -0.2) is 18.4 Å². The smallest absolute Gasteiger partial charge is 0.269 e. The van der Waals surface area contributed by atoms with Gasteiger partial charge in [0.05, 0.1) is 11.5 Å². The van der Waals surface area contributed by atoms with Crippen molar-refractivity contribution in [1.29, 1.82) is 0 Å². The second-order valence-corrected chi connectivity index (χ2v) is 10.8. The third-order valence-corrected chi connectivity index (χ3v) is 8.27. The zero-order chi connectivity index (χ0) is 27.3. The number of rotatable bonds is 9. The summed E-state index contributed by atoms with van der Waals surface area (Å²) in [7, 11) is 0. The summed E-state index contributed by atoms with van der Waals surface area (Å²) in [6.07, 6.45) is 7.18. The Kier molecular flexibility index (Phi) is 8.52. The summed E-state index contributed by atoms with van der Waals surface area (Å²) in [5, 5.41) is 26.2. The van der Waals surface area contributed by atoms with Crippen LogP contribution in [0.1, 0.15) is 30.9 Å². The fourth-order valence-electron chi connectivity index (χ4n) is 4.43. The molecular weight excluding hydrogens is 516 g/mol. The summed E-state index contributed by atoms with van der Waals surface area (Å²) < 4.78 is 29.8. The Hall–Kier alpha value is -3.64. The van der Waals surface area contributed by atoms with E-state index in [4.69, 9.17) is 0 Å². The molecule has 0 spiro atoms. The molecule has 0 unspecified atom stereocenters. The Morgan fingerprint density at radius 1 is 1.26 bits per heavy atom. The van der Waals surface area contributed by atoms with Crippen molar-refractivity contribution in [1.82, 2.24) is 19.7 Å². The zero-order valence-corrected chi connectivity index (χ0v) is 21.4. The van der Waals surface area contributed by atoms with E-state index in [0.717, 1.165) is 12.1 Å². The van der Waals surface area contributed by atoms with Crippen molar-refractivity contribution in [2.24, 2.45) is 0 Å². The maximum Gasteiger partial charge on any atom is 0.269 e. The van der Waals surface area contributed by atoms with E-state index in [-0.39, 0.29) is 29.0 Å². The van der Waals surface area contributed by atoms with Gasteiger partial charge in [-0.15, -0.1) is 0 Å². The van der Waals surface area contributed by atoms with Crippen LogP contribution in [0.4, 0.5) is 14.5 Å². The lowest BCUT2D eigenvalue weighted by atomic mass is 9.90. The van der Waals surface area contributed by atoms with Gasteiger partial charge >= 0.3 is 0 Å². The molecule has 1 N–H and O–H groups in total. The van der Waals surface area contributed by atoms with Gasteiger partial charge in [0.15, 0.2) is 0 Å². The average Bonchev–Trinajstić information content (AvgIpc) is 3.40. The number of carbonyl (C=O) groups excluding carboxylic acids is 1. The minimum atomic E-state index is -1.68. The van der Waals surface area contributed by atoms with Gasteiger partial charge in [0.1, 0.15) is 29.9 Å². The summed E-state index contributed by atoms with van der Waals surface area (Å²) in [6, 6.07) is 9.07. The minimum absolute atomic E-state index is 0.0154. The van der Waals surface area contributed by atoms with Crippen LogP contribution in [0.15, 0.2) is 61.2 Å². The van der Waals surface area contributed by atoms with E-state index >= 15 is 0 Å². The molecule has 0 saturated carbocycles. The van der Waals surface area contributed by atoms with Crippen LogP contribution in [0.25, 0.3) is 6.08 Å². The molecule has 3 aromatic rings. The van der Waals surface area contributed by atoms with E-state index in [1.54, 1.807) is 30.0 Å². The fraction of sp³-hybridized carbons (Fsp3) is 0.346. The standard InChI is InChI=1S/C26H27F2N5O4S/c1-18(26(35,15-32-17-29-16-30-32)23-8-5-20(27)14-24(23)28)38-22-10-12-31(13-11-22)25(34)9-4-19-2-6-21(7-3-19)33(36)37/h2-9,14,16-18,22,35H,10-13,15H2,1H3/b9-4+/t18-,26-/m1/s1. The number of likely N-dealkylation sites (tertiary alicyclic amines) is 1. The van der Waals surface area contributed by atoms with Crippen LogP contribution in [0, 0.1) is 21.7 Å². The molecule has 1 amide bonds. The highest BCUT2D eigenvalue weighted by Crippen LogP contribution is 2.40. The zero-order valence-electron chi connectivity index (χ0n) is 20.6. The molecule has 2 heterocycles. The van der Waals surface area contributed by atoms with Crippen molar-refractivity contribution in [2.75, 3.05) is 13.1 Å². The second kappa shape index (κ2) is 11.8. The van der Waals surface area contributed by atoms with E-state index in [1.807, 2.05) is 0 Å². The van der Waals surface area contributed by atoms with Gasteiger partial charge in [-0.2, -0.15) is 16.9 Å². The van der Waals surface area contributed by atoms with Crippen molar-refractivity contribution < 1.29 is 23.6 Å². The number of halogens is 2. The van der Waals surface area contributed by atoms with Gasteiger partial charge in [0.2, 0.25) is 5.91 Å². The number of nitro benzene ring substituents is 1. The molecule has 1 saturated heterocycles. The molecule has 1 aromatic heterocycles. The van der Waals surface area contributed by atoms with Gasteiger partial charge in [-0.1, -0.05) is 13.0 Å². The number of nitrogens with zero attached hydrogens (tertiary/aromatic N) is 5. The quantitative estimate of drug-likeness (QED) is 0.245. The first-order valence-corrected chi connectivity index (χ1v) is 13.0. The number of piperidine rings is 1. The first-order valence-electron chi connectivity index (χ1n) is 12.0. The predicted molar refractivity (Wildman–Crippen MR) is 139 cm³/mol. The van der Waals surface area contributed by atoms with Crippen LogP contribution in [-0.4, -0.2) is 59.2 Å². The molecule has 12 heteroatoms. The van der Waals surface area contributed by atoms with Crippen LogP contribution < -0.4 is 0 Å². The molecule has 200 valence electrons. The van der Waals surface area contributed by atoms with Crippen LogP contribution >= 0.6 is 11.8 Å². The molecule has 4 rings (SSSR count). The molecule has 1 fully saturated rings. The van der Waals surface area contributed by atoms with E-state index in [1.165, 1.54) is 53.4 Å². The lowest BCUT2D eigenvalue weighted by Gasteiger charge is -2.38. The molecule has 2 atom stereocenters. The third kappa shape index (κ3) is 6.43. The van der Waals surface area contributed by atoms with Gasteiger partial charge in [0.25, 0.3) is 5.69 Å². The summed E-state index contributed by atoms with van der Waals surface area (Å²) in [6.45, 7) is 2.77. The van der Waals surface area contributed by atoms with E-state index in [2.05, 4.69) is 10.1 Å². The number of nitro groups is 1. The lowest BCUT2D eigenvalue weighted by Crippen LogP contribution is -2.44. The first kappa shape index (κ1) is 27.4. The number of non-ortho nitro benzene ring substituents is 1. The van der Waals surface area contributed by atoms with E-state index in [9.17, 15) is 28.8 Å². The number of hydrogen-bond donors (Lipinski definition) is 1. The molecule has 1 aliphatic rings. The average molecular weight is 544 g/mol. The minimum Gasteiger partial charge on any atom is -0.382 e. The van der Waals surface area contributed by atoms with Gasteiger partial charge in [0, 0.05) is 53.4 Å². The van der Waals surface area contributed by atoms with Crippen molar-refractivity contribution in [3.05, 3.63) is 94.1 Å². The first-order chi connectivity index (χ1) is 18.2. The molecule has 0 bridgehead atoms. The molecule has 1 aliphatic heterocycles. The predicted octanol–water partition coefficient (Wildman–Crippen LogP) is 4.18. The number of hydrogen-bond acceptors (Lipinski definition) is 7. The number of carbonyl (C=O) groups is 1. The highest BCUT2D eigenvalue weighted by Gasteiger charge is 2.41. The number of aromatic nitrogens is 3. The Morgan fingerprint density at radius 3 is 2.58 bits per heavy atom. The Balaban J connectivity index is 1.38. The van der Waals surface area contributed by atoms with Gasteiger partial charge in [-0.05, 0) is 42.7 Å². The Morgan fingerprint density at radius 2 is 1.97 bits per heavy atom. The summed E-state index contributed by atoms with van der Waals surface area (Å²) in [4.78, 5) is 28.6. The van der Waals surface area contributed by atoms with Gasteiger partial charge < -0.3 is 10.0 Å². The van der Waals surface area contributed by atoms with E-state index < -0.39 is 27.4 Å². The van der Waals surface area contributed by atoms with Gasteiger partial charge in [-0.3, -0.25) is 14.9 Å². The number of benzene rings is 2. The molecule has 9 nitrogen and oxygen atoms in total. The van der Waals surface area contributed by atoms with Crippen molar-refractivity contribution in [2.45, 2.75) is 42.4 Å². The molecule has 38 heavy (non-hydrogen) atoms. The van der Waals surface area contributed by atoms with Crippen molar-refractivity contribution >= 4 is 29.4 Å². The van der Waals surface area contributed by atoms with E-state index in [0.29, 0.717) is 31.5 Å². The normalized spacial score (nSPS) is 16.9. The second-order valence-electron chi connectivity index (χ2n) is 9.13. The van der Waals surface area contributed by atoms with Crippen LogP contribution in [-0.2, 0) is 16.9 Å². The Labute approximate surface area is 222 Å². The maximum absolute atomic E-state index is 14.8. The Bertz CT molecular complexity index is 1300. The highest BCUT2D eigenvalue weighted by molar-refractivity contribution is 8.00. The lowest BCUT2D eigenvalue weighted by molar-refractivity contribution is -0.384. The fourth-order valence-corrected chi connectivity index (χ4v) is 5.92. The van der Waals surface area contributed by atoms with Crippen LogP contribution in [0.2, 0.25) is 0 Å². The SMILES string of the molecule is C[C@@H](SC1CCN(C(=O)/C=C/c2ccc([N+](=O)[O-])cc2)CC1)[C@](O)(Cn1cncn1)c1ccc(F)cc1F. The number of thioether (sulfide) groups is 1. The molecule has 0 aliphatic carbocycles. The summed E-state index contributed by atoms with van der Waals surface area (Å²) in [5.74, 6) is -1.72. The van der Waals surface area contributed by atoms with Crippen LogP contribution in [0.3, 0.4) is 0 Å². The topological polar surface area (TPSA) is 114 Å². The summed E-state index contributed by atoms with van der Waals surface area (Å²) >= 11 is 1.50. The van der Waals surface area contributed by atoms with Crippen molar-refractivity contribution in [3.63, 3.8) is 0 Å². The maximum atomic E-state index is 14.8. The molecule has 2 aromatic carbocycles. The molecular formula is C26H27F2N5O4S. The monoisotopic (exact) mass is 543 g/mol. The van der Waals surface area contributed by atoms with Crippen LogP contribution in [0.5, 0.6) is 0 Å². The molecule has 0 radical (unpaired) electrons. The summed E-state index contributed by atoms with van der Waals surface area (Å²) in [5.41, 5.74) is -1.03. The van der Waals surface area contributed by atoms with Crippen molar-refractivity contribution in [3.8, 4) is 0 Å². The number of aliphatic hydroxyl groups is 1.